The van der Waals surface area contributed by atoms with Gasteiger partial charge in [0.15, 0.2) is 0 Å². The molecule has 15 heavy (non-hydrogen) atoms. The molecular weight excluding hydrogens is 188 g/mol. The number of hydrogen-bond donors (Lipinski definition) is 2. The van der Waals surface area contributed by atoms with Crippen molar-refractivity contribution in [2.75, 3.05) is 13.1 Å². The summed E-state index contributed by atoms with van der Waals surface area (Å²) in [5, 5.41) is 6.31. The molecule has 0 bridgehead atoms. The van der Waals surface area contributed by atoms with Gasteiger partial charge in [0, 0.05) is 6.54 Å². The van der Waals surface area contributed by atoms with Crippen LogP contribution in [0.3, 0.4) is 0 Å². The van der Waals surface area contributed by atoms with Gasteiger partial charge in [-0.15, -0.1) is 0 Å². The fraction of sp³-hybridized carbons (Fsp3) is 0.917. The van der Waals surface area contributed by atoms with E-state index in [4.69, 9.17) is 0 Å². The van der Waals surface area contributed by atoms with Crippen LogP contribution < -0.4 is 10.6 Å². The fourth-order valence-electron chi connectivity index (χ4n) is 2.79. The number of carbonyl (C=O) groups excluding carboxylic acids is 1. The predicted octanol–water partition coefficient (Wildman–Crippen LogP) is 1.29. The largest absolute Gasteiger partial charge is 0.354 e. The topological polar surface area (TPSA) is 41.1 Å². The van der Waals surface area contributed by atoms with Gasteiger partial charge in [0.2, 0.25) is 5.91 Å². The molecule has 3 heteroatoms. The van der Waals surface area contributed by atoms with Gasteiger partial charge in [0.1, 0.15) is 0 Å². The van der Waals surface area contributed by atoms with Crippen LogP contribution in [0.2, 0.25) is 0 Å². The first kappa shape index (κ1) is 10.9. The van der Waals surface area contributed by atoms with E-state index in [9.17, 15) is 4.79 Å². The first-order valence-corrected chi connectivity index (χ1v) is 6.27. The van der Waals surface area contributed by atoms with Gasteiger partial charge in [-0.1, -0.05) is 13.3 Å². The Kier molecular flexibility index (Phi) is 3.62. The summed E-state index contributed by atoms with van der Waals surface area (Å²) < 4.78 is 0. The number of amides is 1. The third-order valence-electron chi connectivity index (χ3n) is 3.75. The Morgan fingerprint density at radius 1 is 1.40 bits per heavy atom. The lowest BCUT2D eigenvalue weighted by Gasteiger charge is -2.14. The van der Waals surface area contributed by atoms with E-state index >= 15 is 0 Å². The van der Waals surface area contributed by atoms with Gasteiger partial charge >= 0.3 is 0 Å². The highest BCUT2D eigenvalue weighted by molar-refractivity contribution is 5.81. The van der Waals surface area contributed by atoms with Crippen molar-refractivity contribution in [1.82, 2.24) is 10.6 Å². The summed E-state index contributed by atoms with van der Waals surface area (Å²) in [6.07, 6.45) is 6.06. The van der Waals surface area contributed by atoms with E-state index in [2.05, 4.69) is 17.6 Å². The molecule has 0 radical (unpaired) electrons. The van der Waals surface area contributed by atoms with Crippen LogP contribution in [-0.2, 0) is 4.79 Å². The molecule has 2 unspecified atom stereocenters. The second kappa shape index (κ2) is 4.97. The zero-order chi connectivity index (χ0) is 10.7. The molecule has 0 spiro atoms. The van der Waals surface area contributed by atoms with Crippen molar-refractivity contribution in [2.45, 2.75) is 45.1 Å². The number of carbonyl (C=O) groups is 1. The average Bonchev–Trinajstić information content (AvgIpc) is 2.84. The Morgan fingerprint density at radius 3 is 2.87 bits per heavy atom. The minimum Gasteiger partial charge on any atom is -0.354 e. The lowest BCUT2D eigenvalue weighted by molar-refractivity contribution is -0.122. The highest BCUT2D eigenvalue weighted by Gasteiger charge is 2.25. The zero-order valence-corrected chi connectivity index (χ0v) is 9.59. The molecule has 2 fully saturated rings. The molecule has 1 saturated carbocycles. The smallest absolute Gasteiger partial charge is 0.237 e. The quantitative estimate of drug-likeness (QED) is 0.737. The monoisotopic (exact) mass is 210 g/mol. The Bertz CT molecular complexity index is 224. The average molecular weight is 210 g/mol. The molecule has 0 aromatic carbocycles. The third-order valence-corrected chi connectivity index (χ3v) is 3.75. The molecule has 2 N–H and O–H groups in total. The predicted molar refractivity (Wildman–Crippen MR) is 60.5 cm³/mol. The molecule has 86 valence electrons. The standard InChI is InChI=1S/C12H22N2O/c1-9-4-5-10(7-9)8-14-12(15)11-3-2-6-13-11/h9-11,13H,2-8H2,1H3,(H,14,15)/t9?,10?,11-/m0/s1. The van der Waals surface area contributed by atoms with Crippen molar-refractivity contribution in [3.05, 3.63) is 0 Å². The molecule has 0 aromatic heterocycles. The Balaban J connectivity index is 1.66. The molecule has 3 atom stereocenters. The third kappa shape index (κ3) is 2.94. The van der Waals surface area contributed by atoms with E-state index < -0.39 is 0 Å². The van der Waals surface area contributed by atoms with Crippen molar-refractivity contribution < 1.29 is 4.79 Å². The van der Waals surface area contributed by atoms with Crippen LogP contribution in [0.4, 0.5) is 0 Å². The summed E-state index contributed by atoms with van der Waals surface area (Å²) in [5.74, 6) is 1.80. The highest BCUT2D eigenvalue weighted by atomic mass is 16.2. The van der Waals surface area contributed by atoms with Gasteiger partial charge in [-0.05, 0) is 44.1 Å². The van der Waals surface area contributed by atoms with Gasteiger partial charge in [-0.25, -0.2) is 0 Å². The van der Waals surface area contributed by atoms with Crippen LogP contribution in [0, 0.1) is 11.8 Å². The van der Waals surface area contributed by atoms with Gasteiger partial charge in [-0.2, -0.15) is 0 Å². The zero-order valence-electron chi connectivity index (χ0n) is 9.59. The minimum atomic E-state index is 0.0869. The molecule has 1 amide bonds. The van der Waals surface area contributed by atoms with Crippen molar-refractivity contribution in [3.8, 4) is 0 Å². The number of rotatable bonds is 3. The first-order chi connectivity index (χ1) is 7.25. The lowest BCUT2D eigenvalue weighted by atomic mass is 10.1. The van der Waals surface area contributed by atoms with Crippen molar-refractivity contribution >= 4 is 5.91 Å². The van der Waals surface area contributed by atoms with E-state index in [1.165, 1.54) is 19.3 Å². The summed E-state index contributed by atoms with van der Waals surface area (Å²) in [6.45, 7) is 4.19. The second-order valence-electron chi connectivity index (χ2n) is 5.18. The van der Waals surface area contributed by atoms with E-state index in [1.54, 1.807) is 0 Å². The van der Waals surface area contributed by atoms with E-state index in [-0.39, 0.29) is 11.9 Å². The number of nitrogens with one attached hydrogen (secondary N) is 2. The Labute approximate surface area is 92.0 Å². The van der Waals surface area contributed by atoms with E-state index in [1.807, 2.05) is 0 Å². The van der Waals surface area contributed by atoms with Crippen LogP contribution in [-0.4, -0.2) is 25.0 Å². The Morgan fingerprint density at radius 2 is 2.27 bits per heavy atom. The molecule has 2 rings (SSSR count). The summed E-state index contributed by atoms with van der Waals surface area (Å²) in [5.41, 5.74) is 0. The van der Waals surface area contributed by atoms with Gasteiger partial charge in [0.05, 0.1) is 6.04 Å². The maximum absolute atomic E-state index is 11.7. The second-order valence-corrected chi connectivity index (χ2v) is 5.18. The van der Waals surface area contributed by atoms with Crippen LogP contribution in [0.5, 0.6) is 0 Å². The van der Waals surface area contributed by atoms with Crippen molar-refractivity contribution in [2.24, 2.45) is 11.8 Å². The van der Waals surface area contributed by atoms with Gasteiger partial charge < -0.3 is 10.6 Å². The van der Waals surface area contributed by atoms with E-state index in [0.29, 0.717) is 0 Å². The molecule has 1 aliphatic carbocycles. The fourth-order valence-corrected chi connectivity index (χ4v) is 2.79. The maximum atomic E-state index is 11.7. The minimum absolute atomic E-state index is 0.0869. The molecule has 1 saturated heterocycles. The molecule has 0 aromatic rings. The van der Waals surface area contributed by atoms with Crippen LogP contribution in [0.15, 0.2) is 0 Å². The summed E-state index contributed by atoms with van der Waals surface area (Å²) in [6, 6.07) is 0.0869. The molecule has 2 aliphatic rings. The van der Waals surface area contributed by atoms with E-state index in [0.717, 1.165) is 37.8 Å². The van der Waals surface area contributed by atoms with Crippen molar-refractivity contribution in [1.29, 1.82) is 0 Å². The SMILES string of the molecule is CC1CCC(CNC(=O)[C@@H]2CCCN2)C1. The Hall–Kier alpha value is -0.570. The molecule has 1 aliphatic heterocycles. The van der Waals surface area contributed by atoms with Crippen LogP contribution in [0.1, 0.15) is 39.0 Å². The molecular formula is C12H22N2O. The van der Waals surface area contributed by atoms with Gasteiger partial charge in [-0.3, -0.25) is 4.79 Å². The molecule has 1 heterocycles. The lowest BCUT2D eigenvalue weighted by Crippen LogP contribution is -2.42. The maximum Gasteiger partial charge on any atom is 0.237 e. The van der Waals surface area contributed by atoms with Crippen molar-refractivity contribution in [3.63, 3.8) is 0 Å². The highest BCUT2D eigenvalue weighted by Crippen LogP contribution is 2.29. The van der Waals surface area contributed by atoms with Gasteiger partial charge in [0.25, 0.3) is 0 Å². The summed E-state index contributed by atoms with van der Waals surface area (Å²) >= 11 is 0. The number of hydrogen-bond acceptors (Lipinski definition) is 2. The van der Waals surface area contributed by atoms with Crippen LogP contribution in [0.25, 0.3) is 0 Å². The molecule has 3 nitrogen and oxygen atoms in total. The van der Waals surface area contributed by atoms with Crippen LogP contribution >= 0.6 is 0 Å². The normalized spacial score (nSPS) is 35.7. The first-order valence-electron chi connectivity index (χ1n) is 6.27. The summed E-state index contributed by atoms with van der Waals surface area (Å²) in [7, 11) is 0. The summed E-state index contributed by atoms with van der Waals surface area (Å²) in [4.78, 5) is 11.7.